The van der Waals surface area contributed by atoms with E-state index in [-0.39, 0.29) is 10.6 Å². The summed E-state index contributed by atoms with van der Waals surface area (Å²) in [5.74, 6) is -0.617. The van der Waals surface area contributed by atoms with Gasteiger partial charge in [-0.3, -0.25) is 10.1 Å². The third-order valence-corrected chi connectivity index (χ3v) is 3.94. The van der Waals surface area contributed by atoms with Crippen molar-refractivity contribution in [1.82, 2.24) is 0 Å². The molecule has 108 valence electrons. The lowest BCUT2D eigenvalue weighted by molar-refractivity contribution is -0.384. The number of nitrogens with zero attached hydrogens (tertiary/aromatic N) is 2. The zero-order valence-electron chi connectivity index (χ0n) is 10.9. The summed E-state index contributed by atoms with van der Waals surface area (Å²) < 4.78 is 11.4. The molecule has 2 heterocycles. The second kappa shape index (κ2) is 5.20. The van der Waals surface area contributed by atoms with Gasteiger partial charge in [-0.05, 0) is 18.6 Å². The van der Waals surface area contributed by atoms with Crippen LogP contribution in [-0.2, 0) is 9.47 Å². The van der Waals surface area contributed by atoms with Crippen LogP contribution < -0.4 is 4.90 Å². The fourth-order valence-corrected chi connectivity index (χ4v) is 3.00. The van der Waals surface area contributed by atoms with E-state index in [1.807, 2.05) is 4.90 Å². The maximum absolute atomic E-state index is 11.2. The van der Waals surface area contributed by atoms with Crippen LogP contribution in [0, 0.1) is 10.1 Å². The summed E-state index contributed by atoms with van der Waals surface area (Å²) in [4.78, 5) is 12.7. The van der Waals surface area contributed by atoms with Crippen LogP contribution in [-0.4, -0.2) is 37.0 Å². The molecule has 0 radical (unpaired) electrons. The van der Waals surface area contributed by atoms with Gasteiger partial charge in [-0.2, -0.15) is 0 Å². The first-order valence-corrected chi connectivity index (χ1v) is 6.94. The maximum atomic E-state index is 11.2. The van der Waals surface area contributed by atoms with Crippen LogP contribution in [0.4, 0.5) is 11.4 Å². The van der Waals surface area contributed by atoms with Gasteiger partial charge in [0.2, 0.25) is 0 Å². The van der Waals surface area contributed by atoms with Gasteiger partial charge >= 0.3 is 0 Å². The van der Waals surface area contributed by atoms with Crippen LogP contribution in [0.3, 0.4) is 0 Å². The fourth-order valence-electron chi connectivity index (χ4n) is 2.83. The number of benzene rings is 1. The van der Waals surface area contributed by atoms with Crippen molar-refractivity contribution >= 4 is 23.0 Å². The molecule has 0 N–H and O–H groups in total. The second-order valence-electron chi connectivity index (χ2n) is 5.02. The molecule has 7 heteroatoms. The molecule has 3 rings (SSSR count). The van der Waals surface area contributed by atoms with Gasteiger partial charge in [0.15, 0.2) is 5.79 Å². The standard InChI is InChI=1S/C13H15ClN2O4/c14-10-2-3-11(16(17)18)12(8-10)15-5-1-4-13(9-15)19-6-7-20-13/h2-3,8H,1,4-7,9H2. The number of piperidine rings is 1. The van der Waals surface area contributed by atoms with Gasteiger partial charge in [0, 0.05) is 24.1 Å². The minimum Gasteiger partial charge on any atom is -0.361 e. The van der Waals surface area contributed by atoms with Crippen LogP contribution in [0.25, 0.3) is 0 Å². The van der Waals surface area contributed by atoms with E-state index < -0.39 is 5.79 Å². The molecule has 0 amide bonds. The Labute approximate surface area is 121 Å². The van der Waals surface area contributed by atoms with Crippen LogP contribution in [0.1, 0.15) is 12.8 Å². The normalized spacial score (nSPS) is 21.4. The van der Waals surface area contributed by atoms with Gasteiger partial charge in [-0.25, -0.2) is 0 Å². The van der Waals surface area contributed by atoms with E-state index in [4.69, 9.17) is 21.1 Å². The van der Waals surface area contributed by atoms with Gasteiger partial charge in [-0.15, -0.1) is 0 Å². The molecular formula is C13H15ClN2O4. The molecule has 2 fully saturated rings. The summed E-state index contributed by atoms with van der Waals surface area (Å²) in [6, 6.07) is 4.61. The molecule has 6 nitrogen and oxygen atoms in total. The SMILES string of the molecule is O=[N+]([O-])c1ccc(Cl)cc1N1CCCC2(C1)OCCO2. The monoisotopic (exact) mass is 298 g/mol. The molecule has 0 aliphatic carbocycles. The number of rotatable bonds is 2. The van der Waals surface area contributed by atoms with Crippen LogP contribution in [0.2, 0.25) is 5.02 Å². The summed E-state index contributed by atoms with van der Waals surface area (Å²) in [5, 5.41) is 11.6. The number of hydrogen-bond acceptors (Lipinski definition) is 5. The molecule has 20 heavy (non-hydrogen) atoms. The lowest BCUT2D eigenvalue weighted by Crippen LogP contribution is -2.49. The van der Waals surface area contributed by atoms with Crippen molar-refractivity contribution in [3.05, 3.63) is 33.3 Å². The minimum atomic E-state index is -0.617. The zero-order valence-corrected chi connectivity index (χ0v) is 11.6. The molecule has 0 bridgehead atoms. The smallest absolute Gasteiger partial charge is 0.292 e. The van der Waals surface area contributed by atoms with E-state index in [2.05, 4.69) is 0 Å². The lowest BCUT2D eigenvalue weighted by Gasteiger charge is -2.39. The van der Waals surface area contributed by atoms with Crippen LogP contribution >= 0.6 is 11.6 Å². The predicted octanol–water partition coefficient (Wildman–Crippen LogP) is 2.59. The van der Waals surface area contributed by atoms with E-state index in [0.29, 0.717) is 30.5 Å². The molecule has 1 aromatic rings. The molecule has 1 spiro atoms. The highest BCUT2D eigenvalue weighted by molar-refractivity contribution is 6.31. The Balaban J connectivity index is 1.92. The van der Waals surface area contributed by atoms with Gasteiger partial charge in [0.05, 0.1) is 24.7 Å². The third-order valence-electron chi connectivity index (χ3n) is 3.71. The summed E-state index contributed by atoms with van der Waals surface area (Å²) >= 11 is 5.98. The number of hydrogen-bond donors (Lipinski definition) is 0. The van der Waals surface area contributed by atoms with Crippen molar-refractivity contribution in [2.45, 2.75) is 18.6 Å². The highest BCUT2D eigenvalue weighted by Crippen LogP contribution is 2.37. The van der Waals surface area contributed by atoms with Crippen molar-refractivity contribution < 1.29 is 14.4 Å². The van der Waals surface area contributed by atoms with E-state index in [9.17, 15) is 10.1 Å². The third kappa shape index (κ3) is 2.46. The Morgan fingerprint density at radius 2 is 2.10 bits per heavy atom. The topological polar surface area (TPSA) is 64.8 Å². The Morgan fingerprint density at radius 1 is 1.35 bits per heavy atom. The molecule has 0 aromatic heterocycles. The molecule has 0 unspecified atom stereocenters. The first-order chi connectivity index (χ1) is 9.60. The van der Waals surface area contributed by atoms with Crippen molar-refractivity contribution in [2.24, 2.45) is 0 Å². The summed E-state index contributed by atoms with van der Waals surface area (Å²) in [5.41, 5.74) is 0.588. The molecular weight excluding hydrogens is 284 g/mol. The Bertz CT molecular complexity index is 531. The van der Waals surface area contributed by atoms with Crippen molar-refractivity contribution in [2.75, 3.05) is 31.2 Å². The first kappa shape index (κ1) is 13.6. The summed E-state index contributed by atoms with van der Waals surface area (Å²) in [7, 11) is 0. The fraction of sp³-hybridized carbons (Fsp3) is 0.538. The maximum Gasteiger partial charge on any atom is 0.292 e. The molecule has 2 aliphatic heterocycles. The molecule has 0 saturated carbocycles. The number of anilines is 1. The average molecular weight is 299 g/mol. The number of ether oxygens (including phenoxy) is 2. The van der Waals surface area contributed by atoms with Crippen LogP contribution in [0.5, 0.6) is 0 Å². The van der Waals surface area contributed by atoms with E-state index in [1.54, 1.807) is 6.07 Å². The lowest BCUT2D eigenvalue weighted by atomic mass is 10.0. The highest BCUT2D eigenvalue weighted by Gasteiger charge is 2.41. The number of nitro benzene ring substituents is 1. The highest BCUT2D eigenvalue weighted by atomic mass is 35.5. The average Bonchev–Trinajstić information content (AvgIpc) is 2.86. The summed E-state index contributed by atoms with van der Waals surface area (Å²) in [6.45, 7) is 2.38. The molecule has 2 aliphatic rings. The molecule has 0 atom stereocenters. The predicted molar refractivity (Wildman–Crippen MR) is 74.2 cm³/mol. The van der Waals surface area contributed by atoms with Gasteiger partial charge in [-0.1, -0.05) is 11.6 Å². The Kier molecular flexibility index (Phi) is 3.54. The van der Waals surface area contributed by atoms with Crippen molar-refractivity contribution in [3.63, 3.8) is 0 Å². The van der Waals surface area contributed by atoms with E-state index >= 15 is 0 Å². The minimum absolute atomic E-state index is 0.0597. The molecule has 1 aromatic carbocycles. The van der Waals surface area contributed by atoms with Crippen molar-refractivity contribution in [1.29, 1.82) is 0 Å². The van der Waals surface area contributed by atoms with Crippen molar-refractivity contribution in [3.8, 4) is 0 Å². The van der Waals surface area contributed by atoms with E-state index in [1.165, 1.54) is 12.1 Å². The molecule has 2 saturated heterocycles. The quantitative estimate of drug-likeness (QED) is 0.620. The first-order valence-electron chi connectivity index (χ1n) is 6.56. The Hall–Kier alpha value is -1.37. The van der Waals surface area contributed by atoms with Crippen LogP contribution in [0.15, 0.2) is 18.2 Å². The van der Waals surface area contributed by atoms with Gasteiger partial charge in [0.1, 0.15) is 5.69 Å². The number of halogens is 1. The van der Waals surface area contributed by atoms with E-state index in [0.717, 1.165) is 19.4 Å². The number of nitro groups is 1. The van der Waals surface area contributed by atoms with Gasteiger partial charge < -0.3 is 14.4 Å². The second-order valence-corrected chi connectivity index (χ2v) is 5.46. The Morgan fingerprint density at radius 3 is 2.80 bits per heavy atom. The summed E-state index contributed by atoms with van der Waals surface area (Å²) in [6.07, 6.45) is 1.68. The zero-order chi connectivity index (χ0) is 14.2. The van der Waals surface area contributed by atoms with Gasteiger partial charge in [0.25, 0.3) is 5.69 Å². The largest absolute Gasteiger partial charge is 0.361 e.